The predicted octanol–water partition coefficient (Wildman–Crippen LogP) is 12.5. The Labute approximate surface area is 365 Å². The van der Waals surface area contributed by atoms with E-state index >= 15 is 0 Å². The number of benzene rings is 5. The van der Waals surface area contributed by atoms with Crippen molar-refractivity contribution in [1.29, 1.82) is 0 Å². The Bertz CT molecular complexity index is 2160. The SMILES string of the molecule is CCCCCCCCOc1ccc(C(=O)Oc2ccc(C(=O)Oc3cccc(C(=O)Oc4ccc(C(=O)Oc5ccc(OCC[C@@H](C)CCCC(C)C)cc5)cc4)c3)cc2)cc1. The van der Waals surface area contributed by atoms with Crippen LogP contribution in [0.3, 0.4) is 0 Å². The van der Waals surface area contributed by atoms with Crippen molar-refractivity contribution in [3.8, 4) is 34.5 Å². The van der Waals surface area contributed by atoms with Gasteiger partial charge in [0.05, 0.1) is 35.5 Å². The molecule has 0 aliphatic carbocycles. The largest absolute Gasteiger partial charge is 0.494 e. The fraction of sp³-hybridized carbons (Fsp3) is 0.346. The van der Waals surface area contributed by atoms with Crippen molar-refractivity contribution in [2.75, 3.05) is 13.2 Å². The summed E-state index contributed by atoms with van der Waals surface area (Å²) in [7, 11) is 0. The van der Waals surface area contributed by atoms with E-state index in [9.17, 15) is 19.2 Å². The van der Waals surface area contributed by atoms with Gasteiger partial charge in [-0.3, -0.25) is 0 Å². The number of ether oxygens (including phenoxy) is 6. The summed E-state index contributed by atoms with van der Waals surface area (Å²) in [4.78, 5) is 51.5. The lowest BCUT2D eigenvalue weighted by Gasteiger charge is -2.13. The molecule has 0 N–H and O–H groups in total. The third-order valence-corrected chi connectivity index (χ3v) is 10.1. The molecule has 5 aromatic carbocycles. The van der Waals surface area contributed by atoms with Crippen molar-refractivity contribution < 1.29 is 47.6 Å². The zero-order valence-corrected chi connectivity index (χ0v) is 36.3. The molecule has 10 heteroatoms. The summed E-state index contributed by atoms with van der Waals surface area (Å²) in [6.45, 7) is 10.2. The van der Waals surface area contributed by atoms with Gasteiger partial charge in [-0.25, -0.2) is 19.2 Å². The maximum Gasteiger partial charge on any atom is 0.343 e. The van der Waals surface area contributed by atoms with E-state index in [-0.39, 0.29) is 33.9 Å². The highest BCUT2D eigenvalue weighted by Crippen LogP contribution is 2.24. The summed E-state index contributed by atoms with van der Waals surface area (Å²) < 4.78 is 33.7. The number of rotatable bonds is 24. The Morgan fingerprint density at radius 1 is 0.403 bits per heavy atom. The molecule has 0 aromatic heterocycles. The molecule has 62 heavy (non-hydrogen) atoms. The summed E-state index contributed by atoms with van der Waals surface area (Å²) in [5, 5.41) is 0. The summed E-state index contributed by atoms with van der Waals surface area (Å²) in [5.74, 6) is 1.21. The van der Waals surface area contributed by atoms with Gasteiger partial charge in [0.1, 0.15) is 34.5 Å². The molecule has 0 saturated heterocycles. The first-order valence-electron chi connectivity index (χ1n) is 21.7. The summed E-state index contributed by atoms with van der Waals surface area (Å²) in [6, 6.07) is 31.6. The minimum absolute atomic E-state index is 0.124. The Balaban J connectivity index is 1.03. The van der Waals surface area contributed by atoms with Crippen molar-refractivity contribution in [2.24, 2.45) is 11.8 Å². The van der Waals surface area contributed by atoms with Gasteiger partial charge in [-0.2, -0.15) is 0 Å². The van der Waals surface area contributed by atoms with Crippen molar-refractivity contribution in [2.45, 2.75) is 91.9 Å². The minimum atomic E-state index is -0.692. The van der Waals surface area contributed by atoms with Gasteiger partial charge in [-0.1, -0.05) is 85.1 Å². The second kappa shape index (κ2) is 24.7. The summed E-state index contributed by atoms with van der Waals surface area (Å²) in [5.41, 5.74) is 0.980. The molecular formula is C52H58O10. The van der Waals surface area contributed by atoms with Crippen LogP contribution in [0.1, 0.15) is 133 Å². The Morgan fingerprint density at radius 2 is 0.823 bits per heavy atom. The van der Waals surface area contributed by atoms with Crippen LogP contribution in [0.2, 0.25) is 0 Å². The minimum Gasteiger partial charge on any atom is -0.494 e. The van der Waals surface area contributed by atoms with Crippen molar-refractivity contribution in [3.63, 3.8) is 0 Å². The van der Waals surface area contributed by atoms with Gasteiger partial charge in [0.2, 0.25) is 0 Å². The molecule has 0 radical (unpaired) electrons. The highest BCUT2D eigenvalue weighted by molar-refractivity contribution is 5.94. The Hall–Kier alpha value is -6.42. The van der Waals surface area contributed by atoms with E-state index < -0.39 is 23.9 Å². The average molecular weight is 843 g/mol. The standard InChI is InChI=1S/C52H58O10/c1-5-6-7-8-9-10-34-57-43-23-17-39(18-24-43)49(53)59-45-25-21-41(22-26-45)51(55)62-48-16-12-15-42(36-48)52(56)61-46-27-19-40(20-28-46)50(54)60-47-31-29-44(30-32-47)58-35-33-38(4)14-11-13-37(2)3/h12,15-32,36-38H,5-11,13-14,33-35H2,1-4H3/t38-/m0/s1. The van der Waals surface area contributed by atoms with E-state index in [0.717, 1.165) is 25.2 Å². The third kappa shape index (κ3) is 15.9. The number of hydrogen-bond donors (Lipinski definition) is 0. The molecule has 0 unspecified atom stereocenters. The molecule has 0 saturated carbocycles. The maximum atomic E-state index is 13.0. The van der Waals surface area contributed by atoms with E-state index in [1.54, 1.807) is 54.6 Å². The molecule has 0 aliphatic heterocycles. The number of esters is 4. The van der Waals surface area contributed by atoms with Crippen LogP contribution in [0.4, 0.5) is 0 Å². The van der Waals surface area contributed by atoms with E-state index in [4.69, 9.17) is 28.4 Å². The second-order valence-corrected chi connectivity index (χ2v) is 15.8. The van der Waals surface area contributed by atoms with Crippen LogP contribution in [0, 0.1) is 11.8 Å². The molecule has 5 aromatic rings. The van der Waals surface area contributed by atoms with Crippen LogP contribution in [-0.2, 0) is 0 Å². The van der Waals surface area contributed by atoms with Crippen LogP contribution in [-0.4, -0.2) is 37.1 Å². The number of carbonyl (C=O) groups is 4. The Kier molecular flexibility index (Phi) is 18.6. The topological polar surface area (TPSA) is 124 Å². The fourth-order valence-corrected chi connectivity index (χ4v) is 6.43. The highest BCUT2D eigenvalue weighted by Gasteiger charge is 2.16. The lowest BCUT2D eigenvalue weighted by atomic mass is 9.98. The van der Waals surface area contributed by atoms with Crippen LogP contribution >= 0.6 is 0 Å². The fourth-order valence-electron chi connectivity index (χ4n) is 6.43. The Morgan fingerprint density at radius 3 is 1.34 bits per heavy atom. The molecule has 326 valence electrons. The van der Waals surface area contributed by atoms with E-state index in [1.165, 1.54) is 112 Å². The molecule has 0 aliphatic rings. The van der Waals surface area contributed by atoms with Gasteiger partial charge in [0.25, 0.3) is 0 Å². The first kappa shape index (κ1) is 46.6. The van der Waals surface area contributed by atoms with E-state index in [0.29, 0.717) is 41.9 Å². The number of hydrogen-bond acceptors (Lipinski definition) is 10. The molecule has 0 bridgehead atoms. The predicted molar refractivity (Wildman–Crippen MR) is 239 cm³/mol. The zero-order valence-electron chi connectivity index (χ0n) is 36.3. The monoisotopic (exact) mass is 842 g/mol. The summed E-state index contributed by atoms with van der Waals surface area (Å²) in [6.07, 6.45) is 11.7. The van der Waals surface area contributed by atoms with Gasteiger partial charge in [-0.05, 0) is 140 Å². The lowest BCUT2D eigenvalue weighted by molar-refractivity contribution is 0.0712. The first-order valence-corrected chi connectivity index (χ1v) is 21.7. The number of unbranched alkanes of at least 4 members (excludes halogenated alkanes) is 5. The molecule has 1 atom stereocenters. The molecule has 0 heterocycles. The summed E-state index contributed by atoms with van der Waals surface area (Å²) >= 11 is 0. The molecule has 5 rings (SSSR count). The number of carbonyl (C=O) groups excluding carboxylic acids is 4. The van der Waals surface area contributed by atoms with Crippen LogP contribution in [0.5, 0.6) is 34.5 Å². The van der Waals surface area contributed by atoms with E-state index in [2.05, 4.69) is 27.7 Å². The van der Waals surface area contributed by atoms with Crippen molar-refractivity contribution in [3.05, 3.63) is 144 Å². The van der Waals surface area contributed by atoms with Gasteiger partial charge < -0.3 is 28.4 Å². The van der Waals surface area contributed by atoms with Crippen LogP contribution < -0.4 is 28.4 Å². The van der Waals surface area contributed by atoms with Crippen LogP contribution in [0.15, 0.2) is 121 Å². The van der Waals surface area contributed by atoms with Gasteiger partial charge in [0, 0.05) is 0 Å². The molecule has 0 spiro atoms. The van der Waals surface area contributed by atoms with Gasteiger partial charge >= 0.3 is 23.9 Å². The van der Waals surface area contributed by atoms with Crippen molar-refractivity contribution in [1.82, 2.24) is 0 Å². The maximum absolute atomic E-state index is 13.0. The second-order valence-electron chi connectivity index (χ2n) is 15.8. The molecule has 0 fully saturated rings. The van der Waals surface area contributed by atoms with Gasteiger partial charge in [0.15, 0.2) is 0 Å². The smallest absolute Gasteiger partial charge is 0.343 e. The molecule has 0 amide bonds. The normalized spacial score (nSPS) is 11.4. The zero-order chi connectivity index (χ0) is 44.1. The van der Waals surface area contributed by atoms with E-state index in [1.807, 2.05) is 0 Å². The third-order valence-electron chi connectivity index (χ3n) is 10.1. The van der Waals surface area contributed by atoms with Crippen LogP contribution in [0.25, 0.3) is 0 Å². The van der Waals surface area contributed by atoms with Gasteiger partial charge in [-0.15, -0.1) is 0 Å². The average Bonchev–Trinajstić information content (AvgIpc) is 3.27. The highest BCUT2D eigenvalue weighted by atomic mass is 16.5. The molecule has 10 nitrogen and oxygen atoms in total. The lowest BCUT2D eigenvalue weighted by Crippen LogP contribution is -2.12. The first-order chi connectivity index (χ1) is 30.1. The molecular weight excluding hydrogens is 785 g/mol. The quantitative estimate of drug-likeness (QED) is 0.0337. The van der Waals surface area contributed by atoms with Crippen molar-refractivity contribution >= 4 is 23.9 Å².